The second-order valence-electron chi connectivity index (χ2n) is 12.0. The standard InChI is InChI=1S/C32H36ClFN4O2/c1-18-9-10-19(2)17-38(16-18)31-26-15-27(33)28(25-14-22(39)11-20-7-5-6-8-24(20)25)29(34)30(26)35-32(36-31)40-23-12-21(13-23)37(3)4/h5-8,11,14-15,18-19,21,23,39H,9-10,12-13,16-17H2,1-4H3/t18?,19?,21-,23-. The molecule has 0 amide bonds. The third-order valence-corrected chi connectivity index (χ3v) is 8.84. The summed E-state index contributed by atoms with van der Waals surface area (Å²) in [7, 11) is 4.14. The van der Waals surface area contributed by atoms with E-state index < -0.39 is 5.82 Å². The van der Waals surface area contributed by atoms with E-state index in [-0.39, 0.29) is 34.0 Å². The summed E-state index contributed by atoms with van der Waals surface area (Å²) < 4.78 is 23.0. The molecular weight excluding hydrogens is 527 g/mol. The molecule has 8 heteroatoms. The van der Waals surface area contributed by atoms with Crippen molar-refractivity contribution in [2.75, 3.05) is 32.1 Å². The van der Waals surface area contributed by atoms with Gasteiger partial charge in [0.05, 0.1) is 5.02 Å². The molecule has 1 aromatic heterocycles. The van der Waals surface area contributed by atoms with Crippen molar-refractivity contribution in [3.8, 4) is 22.9 Å². The molecule has 2 atom stereocenters. The van der Waals surface area contributed by atoms with Crippen molar-refractivity contribution in [2.24, 2.45) is 11.8 Å². The van der Waals surface area contributed by atoms with E-state index in [1.807, 2.05) is 24.3 Å². The summed E-state index contributed by atoms with van der Waals surface area (Å²) >= 11 is 6.87. The summed E-state index contributed by atoms with van der Waals surface area (Å²) in [4.78, 5) is 14.0. The first-order chi connectivity index (χ1) is 19.2. The maximum absolute atomic E-state index is 16.7. The first-order valence-corrected chi connectivity index (χ1v) is 14.6. The number of nitrogens with zero attached hydrogens (tertiary/aromatic N) is 4. The molecule has 2 aliphatic rings. The molecule has 2 fully saturated rings. The van der Waals surface area contributed by atoms with Crippen LogP contribution in [-0.4, -0.2) is 59.3 Å². The fourth-order valence-corrected chi connectivity index (χ4v) is 6.45. The summed E-state index contributed by atoms with van der Waals surface area (Å²) in [5.74, 6) is 1.12. The van der Waals surface area contributed by atoms with Gasteiger partial charge in [-0.3, -0.25) is 0 Å². The molecule has 0 spiro atoms. The lowest BCUT2D eigenvalue weighted by atomic mass is 9.88. The molecule has 40 heavy (non-hydrogen) atoms. The topological polar surface area (TPSA) is 61.7 Å². The summed E-state index contributed by atoms with van der Waals surface area (Å²) in [6.45, 7) is 6.14. The Kier molecular flexibility index (Phi) is 7.21. The zero-order chi connectivity index (χ0) is 28.1. The first-order valence-electron chi connectivity index (χ1n) is 14.2. The molecule has 1 aliphatic carbocycles. The van der Waals surface area contributed by atoms with Crippen LogP contribution in [0.4, 0.5) is 10.2 Å². The first kappa shape index (κ1) is 27.0. The number of halogens is 2. The van der Waals surface area contributed by atoms with Crippen LogP contribution in [0.2, 0.25) is 5.02 Å². The molecule has 2 unspecified atom stereocenters. The van der Waals surface area contributed by atoms with Crippen LogP contribution in [-0.2, 0) is 0 Å². The van der Waals surface area contributed by atoms with Gasteiger partial charge in [-0.1, -0.05) is 49.7 Å². The summed E-state index contributed by atoms with van der Waals surface area (Å²) in [5, 5.41) is 12.9. The molecule has 1 saturated carbocycles. The molecule has 6 rings (SSSR count). The Morgan fingerprint density at radius 2 is 1.70 bits per heavy atom. The number of rotatable bonds is 5. The number of aromatic hydroxyl groups is 1. The van der Waals surface area contributed by atoms with Gasteiger partial charge >= 0.3 is 6.01 Å². The lowest BCUT2D eigenvalue weighted by molar-refractivity contribution is 0.0339. The lowest BCUT2D eigenvalue weighted by Crippen LogP contribution is -2.46. The molecule has 210 valence electrons. The fourth-order valence-electron chi connectivity index (χ4n) is 6.16. The highest BCUT2D eigenvalue weighted by molar-refractivity contribution is 6.35. The van der Waals surface area contributed by atoms with Crippen molar-refractivity contribution in [1.82, 2.24) is 14.9 Å². The molecule has 1 aliphatic heterocycles. The molecule has 4 aromatic rings. The number of aromatic nitrogens is 2. The Bertz CT molecular complexity index is 1560. The number of phenolic OH excluding ortho intramolecular Hbond substituents is 1. The van der Waals surface area contributed by atoms with Gasteiger partial charge in [-0.25, -0.2) is 4.39 Å². The van der Waals surface area contributed by atoms with Crippen molar-refractivity contribution in [3.63, 3.8) is 0 Å². The Balaban J connectivity index is 1.52. The van der Waals surface area contributed by atoms with Crippen molar-refractivity contribution in [3.05, 3.63) is 53.3 Å². The minimum absolute atomic E-state index is 0.00970. The monoisotopic (exact) mass is 562 g/mol. The van der Waals surface area contributed by atoms with Gasteiger partial charge in [0.25, 0.3) is 0 Å². The van der Waals surface area contributed by atoms with Crippen LogP contribution in [0, 0.1) is 17.7 Å². The van der Waals surface area contributed by atoms with E-state index in [1.54, 1.807) is 18.2 Å². The zero-order valence-corrected chi connectivity index (χ0v) is 24.2. The second-order valence-corrected chi connectivity index (χ2v) is 12.4. The highest BCUT2D eigenvalue weighted by atomic mass is 35.5. The summed E-state index contributed by atoms with van der Waals surface area (Å²) in [6, 6.07) is 13.2. The lowest BCUT2D eigenvalue weighted by Gasteiger charge is -2.38. The van der Waals surface area contributed by atoms with Crippen LogP contribution in [0.3, 0.4) is 0 Å². The van der Waals surface area contributed by atoms with Crippen LogP contribution in [0.5, 0.6) is 11.8 Å². The highest BCUT2D eigenvalue weighted by Gasteiger charge is 2.34. The Morgan fingerprint density at radius 1 is 1.00 bits per heavy atom. The predicted octanol–water partition coefficient (Wildman–Crippen LogP) is 7.29. The zero-order valence-electron chi connectivity index (χ0n) is 23.5. The number of hydrogen-bond donors (Lipinski definition) is 1. The SMILES string of the molecule is CC1CCC(C)CN(c2nc(O[C@H]3C[C@H](N(C)C)C3)nc3c(F)c(-c4cc(O)cc5ccccc45)c(Cl)cc23)C1. The summed E-state index contributed by atoms with van der Waals surface area (Å²) in [5.41, 5.74) is 0.915. The van der Waals surface area contributed by atoms with Crippen LogP contribution < -0.4 is 9.64 Å². The van der Waals surface area contributed by atoms with Crippen molar-refractivity contribution in [1.29, 1.82) is 0 Å². The van der Waals surface area contributed by atoms with E-state index in [2.05, 4.69) is 42.7 Å². The molecule has 1 saturated heterocycles. The average molecular weight is 563 g/mol. The summed E-state index contributed by atoms with van der Waals surface area (Å²) in [6.07, 6.45) is 4.03. The van der Waals surface area contributed by atoms with Gasteiger partial charge in [0, 0.05) is 42.9 Å². The maximum Gasteiger partial charge on any atom is 0.319 e. The number of anilines is 1. The van der Waals surface area contributed by atoms with Crippen LogP contribution in [0.15, 0.2) is 42.5 Å². The van der Waals surface area contributed by atoms with Crippen LogP contribution in [0.1, 0.15) is 39.5 Å². The van der Waals surface area contributed by atoms with Gasteiger partial charge in [0.15, 0.2) is 5.82 Å². The third-order valence-electron chi connectivity index (χ3n) is 8.55. The largest absolute Gasteiger partial charge is 0.508 e. The smallest absolute Gasteiger partial charge is 0.319 e. The predicted molar refractivity (Wildman–Crippen MR) is 160 cm³/mol. The van der Waals surface area contributed by atoms with Gasteiger partial charge < -0.3 is 19.6 Å². The normalized spacial score (nSPS) is 23.4. The highest BCUT2D eigenvalue weighted by Crippen LogP contribution is 2.43. The fraction of sp³-hybridized carbons (Fsp3) is 0.438. The number of fused-ring (bicyclic) bond motifs is 2. The van der Waals surface area contributed by atoms with Crippen LogP contribution in [0.25, 0.3) is 32.8 Å². The van der Waals surface area contributed by atoms with E-state index in [4.69, 9.17) is 21.3 Å². The molecular formula is C32H36ClFN4O2. The minimum atomic E-state index is -0.539. The van der Waals surface area contributed by atoms with E-state index in [0.717, 1.165) is 49.5 Å². The number of hydrogen-bond acceptors (Lipinski definition) is 6. The van der Waals surface area contributed by atoms with E-state index in [0.29, 0.717) is 34.6 Å². The quantitative estimate of drug-likeness (QED) is 0.275. The van der Waals surface area contributed by atoms with Crippen molar-refractivity contribution in [2.45, 2.75) is 51.7 Å². The van der Waals surface area contributed by atoms with Gasteiger partial charge in [0.2, 0.25) is 0 Å². The number of phenols is 1. The van der Waals surface area contributed by atoms with E-state index in [1.165, 1.54) is 0 Å². The van der Waals surface area contributed by atoms with Gasteiger partial charge in [-0.2, -0.15) is 9.97 Å². The van der Waals surface area contributed by atoms with Gasteiger partial charge in [0.1, 0.15) is 23.2 Å². The third kappa shape index (κ3) is 5.06. The Hall–Kier alpha value is -3.16. The second kappa shape index (κ2) is 10.7. The molecule has 3 aromatic carbocycles. The van der Waals surface area contributed by atoms with Gasteiger partial charge in [-0.15, -0.1) is 0 Å². The van der Waals surface area contributed by atoms with Crippen molar-refractivity contribution < 1.29 is 14.2 Å². The minimum Gasteiger partial charge on any atom is -0.508 e. The number of ether oxygens (including phenoxy) is 1. The Morgan fingerprint density at radius 3 is 2.40 bits per heavy atom. The maximum atomic E-state index is 16.7. The molecule has 0 bridgehead atoms. The van der Waals surface area contributed by atoms with E-state index >= 15 is 4.39 Å². The molecule has 1 N–H and O–H groups in total. The molecule has 6 nitrogen and oxygen atoms in total. The molecule has 0 radical (unpaired) electrons. The van der Waals surface area contributed by atoms with Crippen molar-refractivity contribution >= 4 is 39.1 Å². The number of benzene rings is 3. The van der Waals surface area contributed by atoms with Crippen LogP contribution >= 0.6 is 11.6 Å². The average Bonchev–Trinajstić information content (AvgIpc) is 3.05. The van der Waals surface area contributed by atoms with E-state index in [9.17, 15) is 5.11 Å². The van der Waals surface area contributed by atoms with Gasteiger partial charge in [-0.05, 0) is 73.3 Å². The molecule has 2 heterocycles. The Labute approximate surface area is 239 Å².